The monoisotopic (exact) mass is 346 g/mol. The van der Waals surface area contributed by atoms with Crippen LogP contribution in [0, 0.1) is 0 Å². The highest BCUT2D eigenvalue weighted by Gasteiger charge is 2.28. The molecule has 0 bridgehead atoms. The second kappa shape index (κ2) is 7.21. The Balaban J connectivity index is 2.41. The van der Waals surface area contributed by atoms with E-state index in [1.54, 1.807) is 45.0 Å². The van der Waals surface area contributed by atoms with Crippen molar-refractivity contribution in [3.63, 3.8) is 0 Å². The number of hydrogen-bond acceptors (Lipinski definition) is 6. The molecule has 0 unspecified atom stereocenters. The van der Waals surface area contributed by atoms with Crippen LogP contribution in [0.3, 0.4) is 0 Å². The van der Waals surface area contributed by atoms with Gasteiger partial charge in [-0.3, -0.25) is 4.79 Å². The van der Waals surface area contributed by atoms with Crippen LogP contribution in [0.2, 0.25) is 0 Å². The van der Waals surface area contributed by atoms with Gasteiger partial charge in [0.1, 0.15) is 24.0 Å². The van der Waals surface area contributed by atoms with Gasteiger partial charge in [0.15, 0.2) is 0 Å². The third-order valence-corrected chi connectivity index (χ3v) is 2.99. The van der Waals surface area contributed by atoms with Gasteiger partial charge in [-0.2, -0.15) is 0 Å². The van der Waals surface area contributed by atoms with Crippen LogP contribution in [0.4, 0.5) is 0 Å². The number of esters is 1. The second-order valence-electron chi connectivity index (χ2n) is 6.22. The summed E-state index contributed by atoms with van der Waals surface area (Å²) >= 11 is 0. The molecule has 1 heterocycles. The first-order chi connectivity index (χ1) is 11.7. The topological polar surface area (TPSA) is 103 Å². The van der Waals surface area contributed by atoms with Gasteiger partial charge in [-0.15, -0.1) is 0 Å². The van der Waals surface area contributed by atoms with Gasteiger partial charge in [-0.05, 0) is 26.3 Å². The van der Waals surface area contributed by atoms with Crippen LogP contribution in [-0.4, -0.2) is 22.6 Å². The largest absolute Gasteiger partial charge is 0.481 e. The molecule has 0 radical (unpaired) electrons. The van der Waals surface area contributed by atoms with Crippen LogP contribution in [0.5, 0.6) is 5.75 Å². The molecule has 7 heteroatoms. The molecular formula is C18H18O7. The van der Waals surface area contributed by atoms with Crippen molar-refractivity contribution in [1.29, 1.82) is 0 Å². The molecule has 0 fully saturated rings. The number of rotatable bonds is 5. The van der Waals surface area contributed by atoms with Crippen LogP contribution in [0.15, 0.2) is 45.8 Å². The number of benzene rings is 1. The third kappa shape index (κ3) is 4.69. The van der Waals surface area contributed by atoms with E-state index in [4.69, 9.17) is 19.0 Å². The van der Waals surface area contributed by atoms with Gasteiger partial charge in [-0.25, -0.2) is 9.59 Å². The number of carboxylic acid groups (broad SMARTS) is 1. The lowest BCUT2D eigenvalue weighted by atomic mass is 10.2. The fourth-order valence-corrected chi connectivity index (χ4v) is 1.92. The van der Waals surface area contributed by atoms with E-state index in [1.807, 2.05) is 6.07 Å². The summed E-state index contributed by atoms with van der Waals surface area (Å²) in [6.45, 7) is 4.92. The van der Waals surface area contributed by atoms with Gasteiger partial charge in [0.05, 0.1) is 0 Å². The number of hydrogen-bond donors (Lipinski definition) is 1. The van der Waals surface area contributed by atoms with Crippen molar-refractivity contribution in [2.45, 2.75) is 33.0 Å². The minimum Gasteiger partial charge on any atom is -0.481 e. The minimum atomic E-state index is -1.48. The van der Waals surface area contributed by atoms with E-state index in [0.29, 0.717) is 6.26 Å². The lowest BCUT2D eigenvalue weighted by Crippen LogP contribution is -2.26. The zero-order valence-corrected chi connectivity index (χ0v) is 14.1. The minimum absolute atomic E-state index is 0.0372. The molecule has 0 amide bonds. The molecule has 1 aromatic carbocycles. The van der Waals surface area contributed by atoms with E-state index in [-0.39, 0.29) is 6.61 Å². The maximum atomic E-state index is 12.3. The van der Waals surface area contributed by atoms with Crippen molar-refractivity contribution in [2.75, 3.05) is 0 Å². The Morgan fingerprint density at radius 2 is 1.80 bits per heavy atom. The van der Waals surface area contributed by atoms with Crippen molar-refractivity contribution in [1.82, 2.24) is 0 Å². The first-order valence-corrected chi connectivity index (χ1v) is 7.48. The Bertz CT molecular complexity index is 829. The summed E-state index contributed by atoms with van der Waals surface area (Å²) < 4.78 is 15.6. The Kier molecular flexibility index (Phi) is 5.26. The highest BCUT2D eigenvalue weighted by atomic mass is 16.6. The fraction of sp³-hybridized carbons (Fsp3) is 0.278. The lowest BCUT2D eigenvalue weighted by Gasteiger charge is -2.19. The summed E-state index contributed by atoms with van der Waals surface area (Å²) in [5.41, 5.74) is -1.67. The van der Waals surface area contributed by atoms with Crippen LogP contribution in [-0.2, 0) is 11.3 Å². The summed E-state index contributed by atoms with van der Waals surface area (Å²) in [5.74, 6) is -3.35. The number of ether oxygens (including phenoxy) is 2. The zero-order valence-electron chi connectivity index (χ0n) is 14.1. The molecule has 0 atom stereocenters. The molecule has 0 saturated heterocycles. The van der Waals surface area contributed by atoms with Crippen molar-refractivity contribution < 1.29 is 28.6 Å². The average molecular weight is 346 g/mol. The van der Waals surface area contributed by atoms with Crippen LogP contribution >= 0.6 is 0 Å². The standard InChI is InChI=1S/C18H18O7/c1-18(2,3)25-17(22)15-14(13(19)12(10-24-15)16(20)21)23-9-11-7-5-4-6-8-11/h4-8,10H,9H2,1-3H3,(H,20,21). The number of carbonyl (C=O) groups excluding carboxylic acids is 1. The maximum absolute atomic E-state index is 12.3. The molecule has 2 rings (SSSR count). The predicted molar refractivity (Wildman–Crippen MR) is 87.9 cm³/mol. The molecular weight excluding hydrogens is 328 g/mol. The number of carbonyl (C=O) groups is 2. The molecule has 0 aliphatic rings. The van der Waals surface area contributed by atoms with Crippen LogP contribution in [0.25, 0.3) is 0 Å². The summed E-state index contributed by atoms with van der Waals surface area (Å²) in [7, 11) is 0. The van der Waals surface area contributed by atoms with E-state index < -0.39 is 40.0 Å². The van der Waals surface area contributed by atoms with Gasteiger partial charge in [0, 0.05) is 0 Å². The molecule has 0 saturated carbocycles. The molecule has 132 valence electrons. The second-order valence-corrected chi connectivity index (χ2v) is 6.22. The van der Waals surface area contributed by atoms with E-state index in [9.17, 15) is 14.4 Å². The van der Waals surface area contributed by atoms with E-state index in [2.05, 4.69) is 0 Å². The molecule has 2 aromatic rings. The number of aromatic carboxylic acids is 1. The van der Waals surface area contributed by atoms with Gasteiger partial charge in [0.25, 0.3) is 5.76 Å². The quantitative estimate of drug-likeness (QED) is 0.830. The molecule has 1 aromatic heterocycles. The number of carboxylic acids is 1. The molecule has 25 heavy (non-hydrogen) atoms. The SMILES string of the molecule is CC(C)(C)OC(=O)c1occ(C(=O)O)c(=O)c1OCc1ccccc1. The van der Waals surface area contributed by atoms with Crippen LogP contribution in [0.1, 0.15) is 47.2 Å². The lowest BCUT2D eigenvalue weighted by molar-refractivity contribution is 0.00255. The molecule has 1 N–H and O–H groups in total. The molecule has 0 aliphatic carbocycles. The zero-order chi connectivity index (χ0) is 18.6. The Morgan fingerprint density at radius 3 is 2.36 bits per heavy atom. The van der Waals surface area contributed by atoms with E-state index in [0.717, 1.165) is 5.56 Å². The van der Waals surface area contributed by atoms with Gasteiger partial charge in [-0.1, -0.05) is 30.3 Å². The van der Waals surface area contributed by atoms with Crippen molar-refractivity contribution in [2.24, 2.45) is 0 Å². The summed E-state index contributed by atoms with van der Waals surface area (Å²) in [4.78, 5) is 35.7. The van der Waals surface area contributed by atoms with Crippen molar-refractivity contribution in [3.05, 3.63) is 63.7 Å². The highest BCUT2D eigenvalue weighted by Crippen LogP contribution is 2.20. The first kappa shape index (κ1) is 18.3. The van der Waals surface area contributed by atoms with Crippen molar-refractivity contribution >= 4 is 11.9 Å². The summed E-state index contributed by atoms with van der Waals surface area (Å²) in [6.07, 6.45) is 0.708. The first-order valence-electron chi connectivity index (χ1n) is 7.48. The Hall–Kier alpha value is -3.09. The van der Waals surface area contributed by atoms with E-state index >= 15 is 0 Å². The Labute approximate surface area is 143 Å². The third-order valence-electron chi connectivity index (χ3n) is 2.99. The Morgan fingerprint density at radius 1 is 1.16 bits per heavy atom. The predicted octanol–water partition coefficient (Wildman–Crippen LogP) is 2.87. The van der Waals surface area contributed by atoms with Crippen LogP contribution < -0.4 is 10.2 Å². The fourth-order valence-electron chi connectivity index (χ4n) is 1.92. The smallest absolute Gasteiger partial charge is 0.378 e. The van der Waals surface area contributed by atoms with Gasteiger partial charge in [0.2, 0.25) is 11.2 Å². The van der Waals surface area contributed by atoms with Gasteiger partial charge < -0.3 is 19.0 Å². The van der Waals surface area contributed by atoms with Gasteiger partial charge >= 0.3 is 11.9 Å². The summed E-state index contributed by atoms with van der Waals surface area (Å²) in [5, 5.41) is 9.06. The molecule has 0 aliphatic heterocycles. The normalized spacial score (nSPS) is 11.0. The molecule has 0 spiro atoms. The molecule has 7 nitrogen and oxygen atoms in total. The highest BCUT2D eigenvalue weighted by molar-refractivity contribution is 5.92. The van der Waals surface area contributed by atoms with Crippen molar-refractivity contribution in [3.8, 4) is 5.75 Å². The summed E-state index contributed by atoms with van der Waals surface area (Å²) in [6, 6.07) is 8.90. The average Bonchev–Trinajstić information content (AvgIpc) is 2.52. The maximum Gasteiger partial charge on any atom is 0.378 e. The van der Waals surface area contributed by atoms with E-state index in [1.165, 1.54) is 0 Å².